The first-order valence-electron chi connectivity index (χ1n) is 11.2. The van der Waals surface area contributed by atoms with E-state index in [1.807, 2.05) is 28.8 Å². The topological polar surface area (TPSA) is 117 Å². The van der Waals surface area contributed by atoms with Gasteiger partial charge in [-0.1, -0.05) is 12.1 Å². The van der Waals surface area contributed by atoms with E-state index >= 15 is 0 Å². The van der Waals surface area contributed by atoms with Gasteiger partial charge in [0.25, 0.3) is 0 Å². The molecule has 2 aromatic carbocycles. The van der Waals surface area contributed by atoms with Crippen LogP contribution < -0.4 is 5.32 Å². The minimum absolute atomic E-state index is 0.000503. The molecule has 1 aliphatic heterocycles. The zero-order valence-electron chi connectivity index (χ0n) is 19.1. The summed E-state index contributed by atoms with van der Waals surface area (Å²) in [4.78, 5) is 18.8. The van der Waals surface area contributed by atoms with Gasteiger partial charge in [-0.25, -0.2) is 18.2 Å². The number of anilines is 1. The lowest BCUT2D eigenvalue weighted by molar-refractivity contribution is 0.0526. The molecule has 0 unspecified atom stereocenters. The van der Waals surface area contributed by atoms with Crippen molar-refractivity contribution in [3.8, 4) is 0 Å². The van der Waals surface area contributed by atoms with Crippen LogP contribution in [0.1, 0.15) is 17.3 Å². The van der Waals surface area contributed by atoms with Gasteiger partial charge in [0.05, 0.1) is 41.4 Å². The number of piperazine rings is 1. The van der Waals surface area contributed by atoms with Crippen LogP contribution in [0.5, 0.6) is 0 Å². The second-order valence-electron chi connectivity index (χ2n) is 7.91. The molecule has 1 fully saturated rings. The van der Waals surface area contributed by atoms with E-state index in [0.29, 0.717) is 50.9 Å². The van der Waals surface area contributed by atoms with E-state index in [-0.39, 0.29) is 18.1 Å². The van der Waals surface area contributed by atoms with Crippen molar-refractivity contribution in [3.05, 3.63) is 54.1 Å². The summed E-state index contributed by atoms with van der Waals surface area (Å²) in [5.74, 6) is 0.201. The van der Waals surface area contributed by atoms with Crippen LogP contribution >= 0.6 is 0 Å². The number of carbonyl (C=O) groups is 1. The van der Waals surface area contributed by atoms with Gasteiger partial charge in [0.15, 0.2) is 0 Å². The van der Waals surface area contributed by atoms with Crippen LogP contribution in [0.25, 0.3) is 11.0 Å². The fourth-order valence-corrected chi connectivity index (χ4v) is 5.38. The second kappa shape index (κ2) is 10.5. The molecule has 34 heavy (non-hydrogen) atoms. The van der Waals surface area contributed by atoms with Gasteiger partial charge in [-0.15, -0.1) is 0 Å². The van der Waals surface area contributed by atoms with Gasteiger partial charge in [0.2, 0.25) is 16.0 Å². The molecule has 0 saturated carbocycles. The van der Waals surface area contributed by atoms with E-state index in [1.165, 1.54) is 28.6 Å². The maximum Gasteiger partial charge on any atom is 0.338 e. The van der Waals surface area contributed by atoms with Crippen LogP contribution in [0.4, 0.5) is 5.95 Å². The van der Waals surface area contributed by atoms with Crippen molar-refractivity contribution in [1.82, 2.24) is 18.8 Å². The highest BCUT2D eigenvalue weighted by Crippen LogP contribution is 2.22. The van der Waals surface area contributed by atoms with Crippen LogP contribution in [-0.2, 0) is 21.4 Å². The first-order chi connectivity index (χ1) is 16.4. The number of sulfonamides is 1. The summed E-state index contributed by atoms with van der Waals surface area (Å²) in [6.07, 6.45) is 0. The van der Waals surface area contributed by atoms with Crippen molar-refractivity contribution in [2.24, 2.45) is 0 Å². The maximum atomic E-state index is 13.1. The Morgan fingerprint density at radius 1 is 1.09 bits per heavy atom. The molecule has 2 heterocycles. The van der Waals surface area contributed by atoms with E-state index in [4.69, 9.17) is 4.74 Å². The van der Waals surface area contributed by atoms with Crippen molar-refractivity contribution < 1.29 is 23.1 Å². The lowest BCUT2D eigenvalue weighted by Gasteiger charge is -2.34. The minimum Gasteiger partial charge on any atom is -0.462 e. The molecule has 0 radical (unpaired) electrons. The molecule has 2 N–H and O–H groups in total. The number of fused-ring (bicyclic) bond motifs is 1. The van der Waals surface area contributed by atoms with Crippen molar-refractivity contribution in [2.45, 2.75) is 18.5 Å². The Morgan fingerprint density at radius 2 is 1.79 bits per heavy atom. The number of aliphatic hydroxyl groups excluding tert-OH is 1. The minimum atomic E-state index is -3.66. The largest absolute Gasteiger partial charge is 0.462 e. The number of aliphatic hydroxyl groups is 1. The van der Waals surface area contributed by atoms with Crippen molar-refractivity contribution in [1.29, 1.82) is 0 Å². The number of hydrogen-bond acceptors (Lipinski definition) is 8. The molecule has 0 aliphatic carbocycles. The van der Waals surface area contributed by atoms with Crippen LogP contribution in [-0.4, -0.2) is 84.2 Å². The summed E-state index contributed by atoms with van der Waals surface area (Å²) in [6, 6.07) is 13.7. The molecule has 3 aromatic rings. The van der Waals surface area contributed by atoms with Crippen molar-refractivity contribution >= 4 is 33.0 Å². The van der Waals surface area contributed by atoms with Gasteiger partial charge in [0.1, 0.15) is 0 Å². The Kier molecular flexibility index (Phi) is 7.47. The summed E-state index contributed by atoms with van der Waals surface area (Å²) in [7, 11) is -3.66. The highest BCUT2D eigenvalue weighted by atomic mass is 32.2. The van der Waals surface area contributed by atoms with Gasteiger partial charge < -0.3 is 15.2 Å². The number of imidazole rings is 1. The lowest BCUT2D eigenvalue weighted by Crippen LogP contribution is -2.48. The number of ether oxygens (including phenoxy) is 1. The molecule has 0 bridgehead atoms. The third-order valence-electron chi connectivity index (χ3n) is 5.73. The summed E-state index contributed by atoms with van der Waals surface area (Å²) >= 11 is 0. The molecule has 4 rings (SSSR count). The van der Waals surface area contributed by atoms with Crippen LogP contribution in [0.3, 0.4) is 0 Å². The number of para-hydroxylation sites is 2. The van der Waals surface area contributed by atoms with Gasteiger partial charge in [-0.3, -0.25) is 9.47 Å². The predicted octanol–water partition coefficient (Wildman–Crippen LogP) is 1.58. The first kappa shape index (κ1) is 24.1. The molecule has 1 saturated heterocycles. The second-order valence-corrected chi connectivity index (χ2v) is 9.85. The zero-order valence-corrected chi connectivity index (χ0v) is 19.9. The average molecular weight is 488 g/mol. The van der Waals surface area contributed by atoms with Crippen LogP contribution in [0, 0.1) is 0 Å². The third kappa shape index (κ3) is 5.07. The molecule has 11 heteroatoms. The summed E-state index contributed by atoms with van der Waals surface area (Å²) in [5.41, 5.74) is 2.15. The standard InChI is InChI=1S/C23H29N5O5S/c1-2-33-22(30)18-7-9-19(10-8-18)34(31,32)27-14-12-26(13-15-27)17-28-21-6-4-3-5-20(21)25-23(28)24-11-16-29/h3-10,29H,2,11-17H2,1H3,(H,24,25). The Bertz CT molecular complexity index is 1230. The molecule has 0 atom stereocenters. The zero-order chi connectivity index (χ0) is 24.1. The molecule has 0 spiro atoms. The van der Waals surface area contributed by atoms with Crippen LogP contribution in [0.15, 0.2) is 53.4 Å². The van der Waals surface area contributed by atoms with E-state index < -0.39 is 16.0 Å². The highest BCUT2D eigenvalue weighted by Gasteiger charge is 2.29. The van der Waals surface area contributed by atoms with Gasteiger partial charge >= 0.3 is 5.97 Å². The van der Waals surface area contributed by atoms with Gasteiger partial charge in [0, 0.05) is 32.7 Å². The van der Waals surface area contributed by atoms with E-state index in [0.717, 1.165) is 11.0 Å². The number of nitrogens with one attached hydrogen (secondary N) is 1. The highest BCUT2D eigenvalue weighted by molar-refractivity contribution is 7.89. The van der Waals surface area contributed by atoms with Crippen molar-refractivity contribution in [2.75, 3.05) is 51.3 Å². The average Bonchev–Trinajstić information content (AvgIpc) is 3.20. The fourth-order valence-electron chi connectivity index (χ4n) is 3.96. The summed E-state index contributed by atoms with van der Waals surface area (Å²) < 4.78 is 34.7. The maximum absolute atomic E-state index is 13.1. The first-order valence-corrected chi connectivity index (χ1v) is 12.7. The van der Waals surface area contributed by atoms with E-state index in [1.54, 1.807) is 6.92 Å². The van der Waals surface area contributed by atoms with E-state index in [2.05, 4.69) is 15.2 Å². The molecule has 10 nitrogen and oxygen atoms in total. The number of carbonyl (C=O) groups excluding carboxylic acids is 1. The molecule has 0 amide bonds. The Balaban J connectivity index is 1.43. The van der Waals surface area contributed by atoms with Crippen LogP contribution in [0.2, 0.25) is 0 Å². The summed E-state index contributed by atoms with van der Waals surface area (Å²) in [6.45, 7) is 4.76. The number of rotatable bonds is 9. The normalized spacial score (nSPS) is 15.5. The van der Waals surface area contributed by atoms with Gasteiger partial charge in [-0.2, -0.15) is 4.31 Å². The lowest BCUT2D eigenvalue weighted by atomic mass is 10.2. The molecule has 1 aliphatic rings. The Labute approximate surface area is 198 Å². The molecule has 1 aromatic heterocycles. The Hall–Kier alpha value is -2.99. The SMILES string of the molecule is CCOC(=O)c1ccc(S(=O)(=O)N2CCN(Cn3c(NCCO)nc4ccccc43)CC2)cc1. The van der Waals surface area contributed by atoms with E-state index in [9.17, 15) is 18.3 Å². The van der Waals surface area contributed by atoms with Crippen molar-refractivity contribution in [3.63, 3.8) is 0 Å². The number of nitrogens with zero attached hydrogens (tertiary/aromatic N) is 4. The molecule has 182 valence electrons. The molecular formula is C23H29N5O5S. The Morgan fingerprint density at radius 3 is 2.47 bits per heavy atom. The van der Waals surface area contributed by atoms with Gasteiger partial charge in [-0.05, 0) is 43.3 Å². The molecular weight excluding hydrogens is 458 g/mol. The predicted molar refractivity (Wildman–Crippen MR) is 128 cm³/mol. The monoisotopic (exact) mass is 487 g/mol. The smallest absolute Gasteiger partial charge is 0.338 e. The number of esters is 1. The fraction of sp³-hybridized carbons (Fsp3) is 0.391. The number of hydrogen-bond donors (Lipinski definition) is 2. The quantitative estimate of drug-likeness (QED) is 0.437. The number of benzene rings is 2. The third-order valence-corrected chi connectivity index (χ3v) is 7.64. The number of aromatic nitrogens is 2. The summed E-state index contributed by atoms with van der Waals surface area (Å²) in [5, 5.41) is 12.3.